The lowest BCUT2D eigenvalue weighted by molar-refractivity contribution is -0.131. The molecule has 0 bridgehead atoms. The number of carbonyl (C=O) groups excluding carboxylic acids is 1. The number of rotatable bonds is 3. The van der Waals surface area contributed by atoms with Gasteiger partial charge < -0.3 is 4.74 Å². The number of carbonyl (C=O) groups is 1. The number of hydrogen-bond acceptors (Lipinski definition) is 4. The average molecular weight is 382 g/mol. The summed E-state index contributed by atoms with van der Waals surface area (Å²) in [4.78, 5) is 12.7. The molecule has 0 aromatic carbocycles. The Morgan fingerprint density at radius 1 is 1.18 bits per heavy atom. The quantitative estimate of drug-likeness (QED) is 0.766. The topological polar surface area (TPSA) is 57.0 Å². The Morgan fingerprint density at radius 2 is 2.00 bits per heavy atom. The molecular formula is C23H31N3O2. The smallest absolute Gasteiger partial charge is 0.139 e. The van der Waals surface area contributed by atoms with E-state index in [0.29, 0.717) is 30.1 Å². The summed E-state index contributed by atoms with van der Waals surface area (Å²) in [5.41, 5.74) is 2.67. The van der Waals surface area contributed by atoms with Crippen molar-refractivity contribution in [2.45, 2.75) is 65.7 Å². The predicted octanol–water partition coefficient (Wildman–Crippen LogP) is 4.63. The second-order valence-corrected chi connectivity index (χ2v) is 9.67. The van der Waals surface area contributed by atoms with E-state index in [4.69, 9.17) is 4.74 Å². The number of aromatic nitrogens is 3. The van der Waals surface area contributed by atoms with Crippen LogP contribution < -0.4 is 0 Å². The Hall–Kier alpha value is -1.91. The van der Waals surface area contributed by atoms with Gasteiger partial charge in [0.15, 0.2) is 0 Å². The largest absolute Gasteiger partial charge is 0.498 e. The average Bonchev–Trinajstić information content (AvgIpc) is 3.31. The van der Waals surface area contributed by atoms with Gasteiger partial charge in [0.05, 0.1) is 24.8 Å². The first kappa shape index (κ1) is 18.1. The molecule has 0 N–H and O–H groups in total. The van der Waals surface area contributed by atoms with E-state index in [0.717, 1.165) is 50.7 Å². The molecule has 5 atom stereocenters. The van der Waals surface area contributed by atoms with E-state index in [9.17, 15) is 4.79 Å². The Balaban J connectivity index is 1.64. The van der Waals surface area contributed by atoms with Crippen LogP contribution >= 0.6 is 0 Å². The lowest BCUT2D eigenvalue weighted by atomic mass is 9.48. The molecule has 4 aliphatic carbocycles. The Labute approximate surface area is 167 Å². The molecule has 1 heterocycles. The van der Waals surface area contributed by atoms with Gasteiger partial charge in [-0.25, -0.2) is 4.68 Å². The lowest BCUT2D eigenvalue weighted by Gasteiger charge is -2.56. The zero-order valence-electron chi connectivity index (χ0n) is 17.3. The number of allylic oxidation sites excluding steroid dienone is 4. The zero-order chi connectivity index (χ0) is 19.5. The third-order valence-electron chi connectivity index (χ3n) is 8.54. The fourth-order valence-electron chi connectivity index (χ4n) is 7.05. The van der Waals surface area contributed by atoms with E-state index in [1.54, 1.807) is 6.20 Å². The molecule has 2 fully saturated rings. The van der Waals surface area contributed by atoms with Gasteiger partial charge in [-0.2, -0.15) is 0 Å². The van der Waals surface area contributed by atoms with E-state index < -0.39 is 0 Å². The maximum absolute atomic E-state index is 12.7. The van der Waals surface area contributed by atoms with Gasteiger partial charge in [0.25, 0.3) is 0 Å². The molecule has 150 valence electrons. The molecule has 5 heteroatoms. The summed E-state index contributed by atoms with van der Waals surface area (Å²) in [7, 11) is 0. The third-order valence-corrected chi connectivity index (χ3v) is 8.54. The van der Waals surface area contributed by atoms with Crippen molar-refractivity contribution < 1.29 is 9.53 Å². The van der Waals surface area contributed by atoms with E-state index in [2.05, 4.69) is 37.2 Å². The summed E-state index contributed by atoms with van der Waals surface area (Å²) < 4.78 is 7.89. The number of ketones is 1. The zero-order valence-corrected chi connectivity index (χ0v) is 17.3. The molecular weight excluding hydrogens is 350 g/mol. The minimum absolute atomic E-state index is 0.108. The van der Waals surface area contributed by atoms with Crippen LogP contribution in [0.25, 0.3) is 5.70 Å². The van der Waals surface area contributed by atoms with Crippen LogP contribution in [0.1, 0.15) is 65.7 Å². The van der Waals surface area contributed by atoms with Gasteiger partial charge in [-0.15, -0.1) is 5.10 Å². The van der Waals surface area contributed by atoms with Crippen LogP contribution in [0.15, 0.2) is 29.8 Å². The van der Waals surface area contributed by atoms with Crippen LogP contribution in [0, 0.1) is 28.6 Å². The molecule has 0 aliphatic heterocycles. The first-order valence-electron chi connectivity index (χ1n) is 10.9. The molecule has 0 radical (unpaired) electrons. The number of nitrogens with zero attached hydrogens (tertiary/aromatic N) is 3. The van der Waals surface area contributed by atoms with Crippen LogP contribution in [0.2, 0.25) is 0 Å². The van der Waals surface area contributed by atoms with Crippen molar-refractivity contribution in [1.29, 1.82) is 0 Å². The Kier molecular flexibility index (Phi) is 4.08. The molecule has 0 spiro atoms. The van der Waals surface area contributed by atoms with Crippen LogP contribution in [0.3, 0.4) is 0 Å². The fraction of sp³-hybridized carbons (Fsp3) is 0.696. The molecule has 0 saturated heterocycles. The highest BCUT2D eigenvalue weighted by Gasteiger charge is 2.59. The van der Waals surface area contributed by atoms with Crippen molar-refractivity contribution in [3.8, 4) is 0 Å². The molecule has 2 saturated carbocycles. The van der Waals surface area contributed by atoms with Crippen LogP contribution in [-0.2, 0) is 9.53 Å². The molecule has 0 amide bonds. The normalized spacial score (nSPS) is 39.9. The van der Waals surface area contributed by atoms with Crippen LogP contribution in [0.5, 0.6) is 0 Å². The van der Waals surface area contributed by atoms with Gasteiger partial charge in [-0.05, 0) is 73.8 Å². The molecule has 1 aromatic rings. The fourth-order valence-corrected chi connectivity index (χ4v) is 7.05. The van der Waals surface area contributed by atoms with Gasteiger partial charge in [0.1, 0.15) is 5.78 Å². The number of hydrogen-bond donors (Lipinski definition) is 0. The SMILES string of the molecule is CCOC1=CC2=C(n3ccnn3)C[C@@H]3[C@H](CC[C@]4(C)C(=O)CC[C@@H]34)[C@@]2(C)CC1. The summed E-state index contributed by atoms with van der Waals surface area (Å²) in [5, 5.41) is 8.44. The van der Waals surface area contributed by atoms with Gasteiger partial charge >= 0.3 is 0 Å². The number of ether oxygens (including phenoxy) is 1. The van der Waals surface area contributed by atoms with E-state index in [1.807, 2.05) is 10.9 Å². The highest BCUT2D eigenvalue weighted by molar-refractivity contribution is 5.87. The summed E-state index contributed by atoms with van der Waals surface area (Å²) in [6.45, 7) is 7.46. The second-order valence-electron chi connectivity index (χ2n) is 9.67. The maximum Gasteiger partial charge on any atom is 0.139 e. The van der Waals surface area contributed by atoms with Crippen molar-refractivity contribution in [1.82, 2.24) is 15.0 Å². The van der Waals surface area contributed by atoms with Gasteiger partial charge in [0, 0.05) is 24.0 Å². The molecule has 0 unspecified atom stereocenters. The third kappa shape index (κ3) is 2.40. The van der Waals surface area contributed by atoms with Gasteiger partial charge in [-0.3, -0.25) is 4.79 Å². The summed E-state index contributed by atoms with van der Waals surface area (Å²) in [6.07, 6.45) is 13.2. The van der Waals surface area contributed by atoms with Crippen molar-refractivity contribution >= 4 is 11.5 Å². The van der Waals surface area contributed by atoms with Crippen molar-refractivity contribution in [3.63, 3.8) is 0 Å². The summed E-state index contributed by atoms with van der Waals surface area (Å²) in [5.74, 6) is 3.30. The molecule has 5 nitrogen and oxygen atoms in total. The minimum atomic E-state index is -0.108. The van der Waals surface area contributed by atoms with E-state index >= 15 is 0 Å². The summed E-state index contributed by atoms with van der Waals surface area (Å²) in [6, 6.07) is 0. The van der Waals surface area contributed by atoms with E-state index in [1.165, 1.54) is 11.3 Å². The van der Waals surface area contributed by atoms with E-state index in [-0.39, 0.29) is 10.8 Å². The molecule has 28 heavy (non-hydrogen) atoms. The highest BCUT2D eigenvalue weighted by atomic mass is 16.5. The monoisotopic (exact) mass is 381 g/mol. The molecule has 1 aromatic heterocycles. The summed E-state index contributed by atoms with van der Waals surface area (Å²) >= 11 is 0. The minimum Gasteiger partial charge on any atom is -0.498 e. The first-order valence-corrected chi connectivity index (χ1v) is 10.9. The lowest BCUT2D eigenvalue weighted by Crippen LogP contribution is -2.50. The van der Waals surface area contributed by atoms with Gasteiger partial charge in [0.2, 0.25) is 0 Å². The van der Waals surface area contributed by atoms with Crippen molar-refractivity contribution in [2.24, 2.45) is 28.6 Å². The Morgan fingerprint density at radius 3 is 2.75 bits per heavy atom. The van der Waals surface area contributed by atoms with Crippen molar-refractivity contribution in [2.75, 3.05) is 6.61 Å². The Bertz CT molecular complexity index is 855. The predicted molar refractivity (Wildman–Crippen MR) is 107 cm³/mol. The molecule has 4 aliphatic rings. The van der Waals surface area contributed by atoms with Crippen LogP contribution in [0.4, 0.5) is 0 Å². The number of fused-ring (bicyclic) bond motifs is 5. The molecule has 5 rings (SSSR count). The standard InChI is InChI=1S/C23H31N3O2/c1-4-28-15-7-9-22(2)18-8-10-23(3)17(5-6-21(23)27)16(18)14-20(19(22)13-15)26-12-11-24-25-26/h11-13,16-18H,4-10,14H2,1-3H3/t16-,17-,18-,22+,23-/m0/s1. The maximum atomic E-state index is 12.7. The second kappa shape index (κ2) is 6.30. The van der Waals surface area contributed by atoms with Crippen LogP contribution in [-0.4, -0.2) is 27.4 Å². The van der Waals surface area contributed by atoms with Crippen molar-refractivity contribution in [3.05, 3.63) is 29.8 Å². The first-order chi connectivity index (χ1) is 13.5. The number of Topliss-reactive ketones (excluding diaryl/α,β-unsaturated/α-hetero) is 1. The highest BCUT2D eigenvalue weighted by Crippen LogP contribution is 2.65. The van der Waals surface area contributed by atoms with Gasteiger partial charge in [-0.1, -0.05) is 19.1 Å².